The number of carboxylic acid groups (broad SMARTS) is 1. The number of hydrogen-bond acceptors (Lipinski definition) is 3. The largest absolute Gasteiger partial charge is 0.497 e. The van der Waals surface area contributed by atoms with Crippen LogP contribution in [0.1, 0.15) is 27.4 Å². The number of methoxy groups -OCH3 is 1. The number of rotatable bonds is 5. The van der Waals surface area contributed by atoms with E-state index in [0.29, 0.717) is 12.2 Å². The third-order valence-corrected chi connectivity index (χ3v) is 3.29. The number of ether oxygens (including phenoxy) is 1. The molecule has 0 bridgehead atoms. The number of nitriles is 1. The van der Waals surface area contributed by atoms with Crippen molar-refractivity contribution in [3.05, 3.63) is 65.2 Å². The summed E-state index contributed by atoms with van der Waals surface area (Å²) in [5, 5.41) is 18.2. The molecule has 1 N–H and O–H groups in total. The van der Waals surface area contributed by atoms with Crippen molar-refractivity contribution in [2.45, 2.75) is 12.3 Å². The Morgan fingerprint density at radius 1 is 1.29 bits per heavy atom. The van der Waals surface area contributed by atoms with E-state index in [4.69, 9.17) is 9.84 Å². The topological polar surface area (TPSA) is 70.3 Å². The van der Waals surface area contributed by atoms with Crippen molar-refractivity contribution < 1.29 is 14.6 Å². The van der Waals surface area contributed by atoms with Crippen molar-refractivity contribution in [2.75, 3.05) is 7.11 Å². The van der Waals surface area contributed by atoms with Crippen molar-refractivity contribution in [2.24, 2.45) is 0 Å². The molecule has 0 amide bonds. The van der Waals surface area contributed by atoms with Crippen LogP contribution in [-0.4, -0.2) is 18.2 Å². The molecule has 4 heteroatoms. The van der Waals surface area contributed by atoms with Gasteiger partial charge in [0.2, 0.25) is 0 Å². The van der Waals surface area contributed by atoms with Gasteiger partial charge in [0, 0.05) is 0 Å². The molecular weight excluding hydrogens is 266 g/mol. The van der Waals surface area contributed by atoms with Crippen LogP contribution in [-0.2, 0) is 6.42 Å². The molecule has 21 heavy (non-hydrogen) atoms. The van der Waals surface area contributed by atoms with E-state index in [0.717, 1.165) is 11.1 Å². The van der Waals surface area contributed by atoms with E-state index in [9.17, 15) is 10.1 Å². The first-order valence-electron chi connectivity index (χ1n) is 6.50. The summed E-state index contributed by atoms with van der Waals surface area (Å²) in [6.45, 7) is 0. The van der Waals surface area contributed by atoms with Gasteiger partial charge >= 0.3 is 5.97 Å². The Labute approximate surface area is 123 Å². The SMILES string of the molecule is COc1cccc(C(C#N)Cc2ccc(C(=O)O)cc2)c1. The molecule has 0 heterocycles. The average molecular weight is 281 g/mol. The van der Waals surface area contributed by atoms with Crippen LogP contribution in [0.2, 0.25) is 0 Å². The van der Waals surface area contributed by atoms with Crippen LogP contribution in [0.15, 0.2) is 48.5 Å². The molecule has 4 nitrogen and oxygen atoms in total. The minimum absolute atomic E-state index is 0.244. The van der Waals surface area contributed by atoms with E-state index >= 15 is 0 Å². The zero-order valence-corrected chi connectivity index (χ0v) is 11.6. The van der Waals surface area contributed by atoms with Crippen molar-refractivity contribution in [3.8, 4) is 11.8 Å². The molecule has 0 saturated heterocycles. The summed E-state index contributed by atoms with van der Waals surface area (Å²) in [6, 6.07) is 16.3. The zero-order chi connectivity index (χ0) is 15.2. The van der Waals surface area contributed by atoms with Gasteiger partial charge in [0.1, 0.15) is 5.75 Å². The van der Waals surface area contributed by atoms with E-state index < -0.39 is 5.97 Å². The maximum absolute atomic E-state index is 10.8. The average Bonchev–Trinajstić information content (AvgIpc) is 2.53. The minimum atomic E-state index is -0.953. The highest BCUT2D eigenvalue weighted by Gasteiger charge is 2.13. The van der Waals surface area contributed by atoms with Gasteiger partial charge in [-0.05, 0) is 41.8 Å². The lowest BCUT2D eigenvalue weighted by atomic mass is 9.93. The second-order valence-corrected chi connectivity index (χ2v) is 4.66. The molecule has 0 aliphatic carbocycles. The molecule has 1 atom stereocenters. The van der Waals surface area contributed by atoms with Gasteiger partial charge in [0.15, 0.2) is 0 Å². The van der Waals surface area contributed by atoms with Gasteiger partial charge in [-0.15, -0.1) is 0 Å². The fraction of sp³-hybridized carbons (Fsp3) is 0.176. The highest BCUT2D eigenvalue weighted by molar-refractivity contribution is 5.87. The molecule has 0 aliphatic rings. The van der Waals surface area contributed by atoms with Crippen LogP contribution in [0.5, 0.6) is 5.75 Å². The van der Waals surface area contributed by atoms with Crippen molar-refractivity contribution in [1.29, 1.82) is 5.26 Å². The third kappa shape index (κ3) is 3.61. The van der Waals surface area contributed by atoms with Crippen molar-refractivity contribution in [1.82, 2.24) is 0 Å². The summed E-state index contributed by atoms with van der Waals surface area (Å²) in [5.41, 5.74) is 2.06. The van der Waals surface area contributed by atoms with Crippen LogP contribution in [0, 0.1) is 11.3 Å². The Morgan fingerprint density at radius 2 is 2.00 bits per heavy atom. The molecule has 0 saturated carbocycles. The zero-order valence-electron chi connectivity index (χ0n) is 11.6. The summed E-state index contributed by atoms with van der Waals surface area (Å²) in [6.07, 6.45) is 0.531. The lowest BCUT2D eigenvalue weighted by Gasteiger charge is -2.11. The fourth-order valence-electron chi connectivity index (χ4n) is 2.12. The van der Waals surface area contributed by atoms with Gasteiger partial charge in [0.25, 0.3) is 0 Å². The van der Waals surface area contributed by atoms with Gasteiger partial charge in [-0.25, -0.2) is 4.79 Å². The molecule has 106 valence electrons. The molecular formula is C17H15NO3. The first-order chi connectivity index (χ1) is 10.1. The third-order valence-electron chi connectivity index (χ3n) is 3.29. The standard InChI is InChI=1S/C17H15NO3/c1-21-16-4-2-3-14(10-16)15(11-18)9-12-5-7-13(8-6-12)17(19)20/h2-8,10,15H,9H2,1H3,(H,19,20). The summed E-state index contributed by atoms with van der Waals surface area (Å²) < 4.78 is 5.17. The highest BCUT2D eigenvalue weighted by atomic mass is 16.5. The van der Waals surface area contributed by atoms with Gasteiger partial charge in [-0.1, -0.05) is 24.3 Å². The molecule has 1 unspecified atom stereocenters. The predicted molar refractivity (Wildman–Crippen MR) is 78.5 cm³/mol. The van der Waals surface area contributed by atoms with Crippen LogP contribution in [0.4, 0.5) is 0 Å². The van der Waals surface area contributed by atoms with E-state index in [-0.39, 0.29) is 11.5 Å². The molecule has 2 rings (SSSR count). The Morgan fingerprint density at radius 3 is 2.57 bits per heavy atom. The van der Waals surface area contributed by atoms with E-state index in [1.165, 1.54) is 0 Å². The number of benzene rings is 2. The monoisotopic (exact) mass is 281 g/mol. The Balaban J connectivity index is 2.19. The second-order valence-electron chi connectivity index (χ2n) is 4.66. The molecule has 0 radical (unpaired) electrons. The van der Waals surface area contributed by atoms with Crippen LogP contribution >= 0.6 is 0 Å². The second kappa shape index (κ2) is 6.58. The highest BCUT2D eigenvalue weighted by Crippen LogP contribution is 2.24. The van der Waals surface area contributed by atoms with Gasteiger partial charge in [-0.2, -0.15) is 5.26 Å². The molecule has 2 aromatic rings. The molecule has 0 aliphatic heterocycles. The molecule has 0 aromatic heterocycles. The minimum Gasteiger partial charge on any atom is -0.497 e. The smallest absolute Gasteiger partial charge is 0.335 e. The normalized spacial score (nSPS) is 11.4. The van der Waals surface area contributed by atoms with Crippen LogP contribution < -0.4 is 4.74 Å². The lowest BCUT2D eigenvalue weighted by molar-refractivity contribution is 0.0697. The summed E-state index contributed by atoms with van der Waals surface area (Å²) in [7, 11) is 1.59. The van der Waals surface area contributed by atoms with E-state index in [2.05, 4.69) is 6.07 Å². The number of carbonyl (C=O) groups is 1. The number of nitrogens with zero attached hydrogens (tertiary/aromatic N) is 1. The van der Waals surface area contributed by atoms with Crippen LogP contribution in [0.3, 0.4) is 0 Å². The Bertz CT molecular complexity index is 671. The number of aromatic carboxylic acids is 1. The van der Waals surface area contributed by atoms with E-state index in [1.54, 1.807) is 31.4 Å². The maximum Gasteiger partial charge on any atom is 0.335 e. The lowest BCUT2D eigenvalue weighted by Crippen LogP contribution is -2.02. The number of carboxylic acids is 1. The Hall–Kier alpha value is -2.80. The summed E-state index contributed by atoms with van der Waals surface area (Å²) >= 11 is 0. The first-order valence-corrected chi connectivity index (χ1v) is 6.50. The number of hydrogen-bond donors (Lipinski definition) is 1. The van der Waals surface area contributed by atoms with Crippen LogP contribution in [0.25, 0.3) is 0 Å². The summed E-state index contributed by atoms with van der Waals surface area (Å²) in [4.78, 5) is 10.8. The first kappa shape index (κ1) is 14.6. The molecule has 0 fully saturated rings. The van der Waals surface area contributed by atoms with E-state index in [1.807, 2.05) is 24.3 Å². The predicted octanol–water partition coefficient (Wildman–Crippen LogP) is 3.24. The molecule has 2 aromatic carbocycles. The van der Waals surface area contributed by atoms with Gasteiger partial charge < -0.3 is 9.84 Å². The fourth-order valence-corrected chi connectivity index (χ4v) is 2.12. The maximum atomic E-state index is 10.8. The van der Waals surface area contributed by atoms with Gasteiger partial charge in [-0.3, -0.25) is 0 Å². The van der Waals surface area contributed by atoms with Gasteiger partial charge in [0.05, 0.1) is 24.7 Å². The summed E-state index contributed by atoms with van der Waals surface area (Å²) in [5.74, 6) is -0.532. The Kier molecular flexibility index (Phi) is 4.57. The van der Waals surface area contributed by atoms with Crippen molar-refractivity contribution in [3.63, 3.8) is 0 Å². The molecule has 0 spiro atoms. The quantitative estimate of drug-likeness (QED) is 0.913. The van der Waals surface area contributed by atoms with Crippen molar-refractivity contribution >= 4 is 5.97 Å².